The van der Waals surface area contributed by atoms with Crippen LogP contribution in [0.2, 0.25) is 0 Å². The van der Waals surface area contributed by atoms with Crippen molar-refractivity contribution in [2.75, 3.05) is 33.4 Å². The van der Waals surface area contributed by atoms with E-state index >= 15 is 0 Å². The predicted molar refractivity (Wildman–Crippen MR) is 43.6 cm³/mol. The Morgan fingerprint density at radius 1 is 1.64 bits per heavy atom. The molecular formula is C8H17NO2. The Labute approximate surface area is 68.0 Å². The van der Waals surface area contributed by atoms with Crippen LogP contribution in [0.5, 0.6) is 0 Å². The predicted octanol–water partition coefficient (Wildman–Crippen LogP) is 0.0895. The number of likely N-dealkylation sites (tertiary alicyclic amines) is 1. The molecule has 0 spiro atoms. The summed E-state index contributed by atoms with van der Waals surface area (Å²) in [5.74, 6) is 0. The normalized spacial score (nSPS) is 27.3. The number of rotatable bonds is 3. The molecule has 0 saturated carbocycles. The molecule has 11 heavy (non-hydrogen) atoms. The van der Waals surface area contributed by atoms with Gasteiger partial charge in [0.05, 0.1) is 12.7 Å². The molecule has 0 aromatic carbocycles. The van der Waals surface area contributed by atoms with E-state index in [-0.39, 0.29) is 6.10 Å². The molecular weight excluding hydrogens is 142 g/mol. The van der Waals surface area contributed by atoms with Crippen molar-refractivity contribution in [1.82, 2.24) is 4.90 Å². The first-order valence-electron chi connectivity index (χ1n) is 4.22. The maximum Gasteiger partial charge on any atom is 0.0667 e. The smallest absolute Gasteiger partial charge is 0.0667 e. The third-order valence-electron chi connectivity index (χ3n) is 2.09. The summed E-state index contributed by atoms with van der Waals surface area (Å²) in [6, 6.07) is 0. The number of hydrogen-bond acceptors (Lipinski definition) is 3. The minimum Gasteiger partial charge on any atom is -0.392 e. The van der Waals surface area contributed by atoms with E-state index in [4.69, 9.17) is 4.74 Å². The second-order valence-corrected chi connectivity index (χ2v) is 3.09. The summed E-state index contributed by atoms with van der Waals surface area (Å²) >= 11 is 0. The molecule has 0 bridgehead atoms. The van der Waals surface area contributed by atoms with Crippen LogP contribution in [0.15, 0.2) is 0 Å². The van der Waals surface area contributed by atoms with Gasteiger partial charge in [-0.05, 0) is 19.4 Å². The van der Waals surface area contributed by atoms with Gasteiger partial charge in [0.25, 0.3) is 0 Å². The van der Waals surface area contributed by atoms with Gasteiger partial charge in [0.1, 0.15) is 0 Å². The summed E-state index contributed by atoms with van der Waals surface area (Å²) in [5, 5.41) is 9.30. The van der Waals surface area contributed by atoms with Gasteiger partial charge >= 0.3 is 0 Å². The Morgan fingerprint density at radius 2 is 2.45 bits per heavy atom. The molecule has 1 aliphatic rings. The van der Waals surface area contributed by atoms with Crippen LogP contribution in [-0.2, 0) is 4.74 Å². The van der Waals surface area contributed by atoms with Crippen LogP contribution in [0.3, 0.4) is 0 Å². The lowest BCUT2D eigenvalue weighted by atomic mass is 10.1. The Bertz CT molecular complexity index is 108. The van der Waals surface area contributed by atoms with Gasteiger partial charge in [-0.1, -0.05) is 0 Å². The van der Waals surface area contributed by atoms with E-state index in [0.717, 1.165) is 39.1 Å². The molecule has 1 N–H and O–H groups in total. The first-order valence-corrected chi connectivity index (χ1v) is 4.22. The number of β-amino-alcohol motifs (C(OH)–C–C–N with tert-alkyl or cyclic N) is 1. The van der Waals surface area contributed by atoms with Crippen molar-refractivity contribution >= 4 is 0 Å². The highest BCUT2D eigenvalue weighted by Crippen LogP contribution is 2.08. The molecule has 66 valence electrons. The van der Waals surface area contributed by atoms with Crippen molar-refractivity contribution < 1.29 is 9.84 Å². The van der Waals surface area contributed by atoms with Crippen molar-refractivity contribution in [1.29, 1.82) is 0 Å². The summed E-state index contributed by atoms with van der Waals surface area (Å²) in [7, 11) is 1.71. The Balaban J connectivity index is 2.12. The minimum absolute atomic E-state index is 0.111. The van der Waals surface area contributed by atoms with Crippen LogP contribution in [0.4, 0.5) is 0 Å². The van der Waals surface area contributed by atoms with Crippen LogP contribution in [0.1, 0.15) is 12.8 Å². The lowest BCUT2D eigenvalue weighted by molar-refractivity contribution is 0.0546. The molecule has 0 radical (unpaired) electrons. The third kappa shape index (κ3) is 3.18. The van der Waals surface area contributed by atoms with Gasteiger partial charge in [0.15, 0.2) is 0 Å². The van der Waals surface area contributed by atoms with E-state index in [1.807, 2.05) is 0 Å². The van der Waals surface area contributed by atoms with Gasteiger partial charge in [0, 0.05) is 20.2 Å². The number of ether oxygens (including phenoxy) is 1. The van der Waals surface area contributed by atoms with Crippen molar-refractivity contribution in [3.05, 3.63) is 0 Å². The number of aliphatic hydroxyl groups excluding tert-OH is 1. The van der Waals surface area contributed by atoms with E-state index in [1.54, 1.807) is 7.11 Å². The highest BCUT2D eigenvalue weighted by atomic mass is 16.5. The molecule has 1 saturated heterocycles. The average Bonchev–Trinajstić information content (AvgIpc) is 2.01. The molecule has 0 amide bonds. The van der Waals surface area contributed by atoms with E-state index < -0.39 is 0 Å². The Hall–Kier alpha value is -0.120. The number of aliphatic hydroxyl groups is 1. The molecule has 0 aromatic heterocycles. The second-order valence-electron chi connectivity index (χ2n) is 3.09. The van der Waals surface area contributed by atoms with E-state index in [2.05, 4.69) is 4.90 Å². The van der Waals surface area contributed by atoms with Crippen molar-refractivity contribution in [2.45, 2.75) is 18.9 Å². The zero-order chi connectivity index (χ0) is 8.10. The minimum atomic E-state index is -0.111. The SMILES string of the molecule is COCCN1CCCC(O)C1. The monoisotopic (exact) mass is 159 g/mol. The molecule has 0 aliphatic carbocycles. The fourth-order valence-corrected chi connectivity index (χ4v) is 1.45. The fraction of sp³-hybridized carbons (Fsp3) is 1.00. The first kappa shape index (κ1) is 8.97. The summed E-state index contributed by atoms with van der Waals surface area (Å²) in [5.41, 5.74) is 0. The molecule has 1 heterocycles. The summed E-state index contributed by atoms with van der Waals surface area (Å²) < 4.78 is 4.96. The largest absolute Gasteiger partial charge is 0.392 e. The zero-order valence-electron chi connectivity index (χ0n) is 7.12. The summed E-state index contributed by atoms with van der Waals surface area (Å²) in [6.07, 6.45) is 1.97. The van der Waals surface area contributed by atoms with Gasteiger partial charge in [-0.2, -0.15) is 0 Å². The standard InChI is InChI=1S/C8H17NO2/c1-11-6-5-9-4-2-3-8(10)7-9/h8,10H,2-7H2,1H3. The lowest BCUT2D eigenvalue weighted by Crippen LogP contribution is -2.39. The summed E-state index contributed by atoms with van der Waals surface area (Å²) in [6.45, 7) is 3.66. The van der Waals surface area contributed by atoms with Gasteiger partial charge in [-0.3, -0.25) is 4.90 Å². The summed E-state index contributed by atoms with van der Waals surface area (Å²) in [4.78, 5) is 2.25. The van der Waals surface area contributed by atoms with Gasteiger partial charge in [-0.15, -0.1) is 0 Å². The van der Waals surface area contributed by atoms with Crippen molar-refractivity contribution in [2.24, 2.45) is 0 Å². The molecule has 1 fully saturated rings. The highest BCUT2D eigenvalue weighted by molar-refractivity contribution is 4.70. The second kappa shape index (κ2) is 4.70. The van der Waals surface area contributed by atoms with E-state index in [9.17, 15) is 5.11 Å². The highest BCUT2D eigenvalue weighted by Gasteiger charge is 2.16. The van der Waals surface area contributed by atoms with Crippen LogP contribution >= 0.6 is 0 Å². The number of nitrogens with zero attached hydrogens (tertiary/aromatic N) is 1. The molecule has 1 atom stereocenters. The first-order chi connectivity index (χ1) is 5.33. The van der Waals surface area contributed by atoms with Gasteiger partial charge < -0.3 is 9.84 Å². The van der Waals surface area contributed by atoms with Crippen LogP contribution < -0.4 is 0 Å². The van der Waals surface area contributed by atoms with Gasteiger partial charge in [0.2, 0.25) is 0 Å². The van der Waals surface area contributed by atoms with Crippen molar-refractivity contribution in [3.63, 3.8) is 0 Å². The molecule has 3 heteroatoms. The molecule has 3 nitrogen and oxygen atoms in total. The molecule has 1 aliphatic heterocycles. The van der Waals surface area contributed by atoms with E-state index in [1.165, 1.54) is 0 Å². The van der Waals surface area contributed by atoms with Crippen LogP contribution in [0, 0.1) is 0 Å². The van der Waals surface area contributed by atoms with Crippen molar-refractivity contribution in [3.8, 4) is 0 Å². The Kier molecular flexibility index (Phi) is 3.83. The maximum atomic E-state index is 9.30. The maximum absolute atomic E-state index is 9.30. The van der Waals surface area contributed by atoms with Gasteiger partial charge in [-0.25, -0.2) is 0 Å². The van der Waals surface area contributed by atoms with E-state index in [0.29, 0.717) is 0 Å². The van der Waals surface area contributed by atoms with Crippen LogP contribution in [-0.4, -0.2) is 49.5 Å². The molecule has 1 unspecified atom stereocenters. The number of piperidine rings is 1. The fourth-order valence-electron chi connectivity index (χ4n) is 1.45. The quantitative estimate of drug-likeness (QED) is 0.633. The van der Waals surface area contributed by atoms with Crippen LogP contribution in [0.25, 0.3) is 0 Å². The Morgan fingerprint density at radius 3 is 3.09 bits per heavy atom. The number of methoxy groups -OCH3 is 1. The molecule has 1 rings (SSSR count). The lowest BCUT2D eigenvalue weighted by Gasteiger charge is -2.29. The third-order valence-corrected chi connectivity index (χ3v) is 2.09. The number of hydrogen-bond donors (Lipinski definition) is 1. The topological polar surface area (TPSA) is 32.7 Å². The zero-order valence-corrected chi connectivity index (χ0v) is 7.12. The molecule has 0 aromatic rings. The average molecular weight is 159 g/mol.